The van der Waals surface area contributed by atoms with Crippen molar-refractivity contribution < 1.29 is 9.47 Å². The van der Waals surface area contributed by atoms with Gasteiger partial charge in [-0.3, -0.25) is 4.98 Å². The lowest BCUT2D eigenvalue weighted by Gasteiger charge is -2.23. The topological polar surface area (TPSA) is 44.2 Å². The summed E-state index contributed by atoms with van der Waals surface area (Å²) in [6.45, 7) is 6.36. The van der Waals surface area contributed by atoms with Gasteiger partial charge in [-0.2, -0.15) is 0 Å². The molecule has 0 N–H and O–H groups in total. The summed E-state index contributed by atoms with van der Waals surface area (Å²) in [6.07, 6.45) is 3.20. The van der Waals surface area contributed by atoms with Gasteiger partial charge in [0.05, 0.1) is 24.9 Å². The fourth-order valence-corrected chi connectivity index (χ4v) is 2.05. The van der Waals surface area contributed by atoms with Gasteiger partial charge in [-0.15, -0.1) is 11.6 Å². The molecule has 0 saturated heterocycles. The van der Waals surface area contributed by atoms with E-state index in [0.717, 1.165) is 17.1 Å². The van der Waals surface area contributed by atoms with Crippen LogP contribution < -0.4 is 9.47 Å². The van der Waals surface area contributed by atoms with Crippen LogP contribution in [0.15, 0.2) is 30.6 Å². The Morgan fingerprint density at radius 3 is 2.57 bits per heavy atom. The van der Waals surface area contributed by atoms with Crippen LogP contribution >= 0.6 is 11.6 Å². The fourth-order valence-electron chi connectivity index (χ4n) is 1.92. The number of aromatic nitrogens is 2. The van der Waals surface area contributed by atoms with Crippen LogP contribution in [0.3, 0.4) is 0 Å². The summed E-state index contributed by atoms with van der Waals surface area (Å²) in [5.74, 6) is 2.28. The van der Waals surface area contributed by atoms with Crippen molar-refractivity contribution in [3.8, 4) is 17.4 Å². The SMILES string of the molecule is COc1ccc(Oc2cncc(CCl)n2)c(C(C)(C)C)c1. The van der Waals surface area contributed by atoms with Gasteiger partial charge in [-0.05, 0) is 23.6 Å². The average molecular weight is 307 g/mol. The van der Waals surface area contributed by atoms with E-state index in [4.69, 9.17) is 21.1 Å². The van der Waals surface area contributed by atoms with E-state index in [1.807, 2.05) is 18.2 Å². The molecule has 1 aromatic heterocycles. The van der Waals surface area contributed by atoms with Crippen LogP contribution in [0.4, 0.5) is 0 Å². The minimum absolute atomic E-state index is 0.0819. The maximum atomic E-state index is 5.89. The van der Waals surface area contributed by atoms with Crippen LogP contribution in [0, 0.1) is 0 Å². The molecule has 21 heavy (non-hydrogen) atoms. The third-order valence-electron chi connectivity index (χ3n) is 3.01. The highest BCUT2D eigenvalue weighted by Gasteiger charge is 2.20. The highest BCUT2D eigenvalue weighted by Crippen LogP contribution is 2.36. The zero-order valence-corrected chi connectivity index (χ0v) is 13.4. The maximum Gasteiger partial charge on any atom is 0.238 e. The Balaban J connectivity index is 2.39. The average Bonchev–Trinajstić information content (AvgIpc) is 2.46. The molecule has 0 unspecified atom stereocenters. The van der Waals surface area contributed by atoms with Gasteiger partial charge in [0.25, 0.3) is 0 Å². The van der Waals surface area contributed by atoms with Crippen molar-refractivity contribution >= 4 is 11.6 Å². The fraction of sp³-hybridized carbons (Fsp3) is 0.375. The lowest BCUT2D eigenvalue weighted by atomic mass is 9.86. The number of hydrogen-bond acceptors (Lipinski definition) is 4. The second-order valence-electron chi connectivity index (χ2n) is 5.70. The molecule has 4 nitrogen and oxygen atoms in total. The molecule has 0 saturated carbocycles. The van der Waals surface area contributed by atoms with E-state index in [0.29, 0.717) is 17.5 Å². The quantitative estimate of drug-likeness (QED) is 0.789. The zero-order chi connectivity index (χ0) is 15.5. The number of methoxy groups -OCH3 is 1. The highest BCUT2D eigenvalue weighted by molar-refractivity contribution is 6.16. The molecule has 0 amide bonds. The molecule has 1 aromatic carbocycles. The number of nitrogens with zero attached hydrogens (tertiary/aromatic N) is 2. The first-order valence-corrected chi connectivity index (χ1v) is 7.20. The predicted molar refractivity (Wildman–Crippen MR) is 83.4 cm³/mol. The van der Waals surface area contributed by atoms with E-state index in [1.54, 1.807) is 19.5 Å². The monoisotopic (exact) mass is 306 g/mol. The first-order valence-electron chi connectivity index (χ1n) is 6.67. The van der Waals surface area contributed by atoms with Crippen molar-refractivity contribution in [3.63, 3.8) is 0 Å². The zero-order valence-electron chi connectivity index (χ0n) is 12.7. The summed E-state index contributed by atoms with van der Waals surface area (Å²) in [7, 11) is 1.65. The summed E-state index contributed by atoms with van der Waals surface area (Å²) in [5, 5.41) is 0. The van der Waals surface area contributed by atoms with Gasteiger partial charge < -0.3 is 9.47 Å². The first kappa shape index (κ1) is 15.6. The van der Waals surface area contributed by atoms with Gasteiger partial charge in [0, 0.05) is 11.8 Å². The number of benzene rings is 1. The molecule has 0 aliphatic rings. The van der Waals surface area contributed by atoms with Gasteiger partial charge in [-0.25, -0.2) is 4.98 Å². The Bertz CT molecular complexity index is 624. The second kappa shape index (κ2) is 6.31. The molecule has 0 fully saturated rings. The van der Waals surface area contributed by atoms with E-state index in [1.165, 1.54) is 0 Å². The Morgan fingerprint density at radius 1 is 1.19 bits per heavy atom. The predicted octanol–water partition coefficient (Wildman–Crippen LogP) is 4.31. The lowest BCUT2D eigenvalue weighted by Crippen LogP contribution is -2.13. The molecule has 112 valence electrons. The molecule has 0 aliphatic carbocycles. The minimum Gasteiger partial charge on any atom is -0.497 e. The first-order chi connectivity index (χ1) is 9.94. The van der Waals surface area contributed by atoms with Crippen LogP contribution in [0.2, 0.25) is 0 Å². The number of alkyl halides is 1. The normalized spacial score (nSPS) is 11.3. The van der Waals surface area contributed by atoms with Crippen LogP contribution in [-0.4, -0.2) is 17.1 Å². The Labute approximate surface area is 130 Å². The molecule has 0 bridgehead atoms. The van der Waals surface area contributed by atoms with Crippen molar-refractivity contribution in [1.29, 1.82) is 0 Å². The van der Waals surface area contributed by atoms with E-state index in [9.17, 15) is 0 Å². The molecule has 2 aromatic rings. The molecule has 5 heteroatoms. The highest BCUT2D eigenvalue weighted by atomic mass is 35.5. The number of halogens is 1. The van der Waals surface area contributed by atoms with Gasteiger partial charge in [0.2, 0.25) is 5.88 Å². The standard InChI is InChI=1S/C16H19ClN2O2/c1-16(2,3)13-7-12(20-4)5-6-14(13)21-15-10-18-9-11(8-17)19-15/h5-7,9-10H,8H2,1-4H3. The van der Waals surface area contributed by atoms with E-state index >= 15 is 0 Å². The maximum absolute atomic E-state index is 5.89. The van der Waals surface area contributed by atoms with Crippen molar-refractivity contribution in [1.82, 2.24) is 9.97 Å². The smallest absolute Gasteiger partial charge is 0.238 e. The van der Waals surface area contributed by atoms with Gasteiger partial charge in [0.1, 0.15) is 11.5 Å². The number of ether oxygens (including phenoxy) is 2. The number of rotatable bonds is 4. The van der Waals surface area contributed by atoms with Gasteiger partial charge in [-0.1, -0.05) is 20.8 Å². The van der Waals surface area contributed by atoms with Crippen LogP contribution in [-0.2, 0) is 11.3 Å². The molecule has 0 spiro atoms. The van der Waals surface area contributed by atoms with Crippen LogP contribution in [0.5, 0.6) is 17.4 Å². The summed E-state index contributed by atoms with van der Waals surface area (Å²) in [5.41, 5.74) is 1.64. The Hall–Kier alpha value is -1.81. The third-order valence-corrected chi connectivity index (χ3v) is 3.28. The summed E-state index contributed by atoms with van der Waals surface area (Å²) < 4.78 is 11.2. The summed E-state index contributed by atoms with van der Waals surface area (Å²) in [4.78, 5) is 8.38. The van der Waals surface area contributed by atoms with Gasteiger partial charge in [0.15, 0.2) is 0 Å². The number of hydrogen-bond donors (Lipinski definition) is 0. The molecule has 1 heterocycles. The van der Waals surface area contributed by atoms with E-state index < -0.39 is 0 Å². The molecule has 0 radical (unpaired) electrons. The lowest BCUT2D eigenvalue weighted by molar-refractivity contribution is 0.404. The molecular weight excluding hydrogens is 288 g/mol. The van der Waals surface area contributed by atoms with Crippen molar-refractivity contribution in [2.75, 3.05) is 7.11 Å². The third kappa shape index (κ3) is 3.85. The largest absolute Gasteiger partial charge is 0.497 e. The van der Waals surface area contributed by atoms with Crippen LogP contribution in [0.25, 0.3) is 0 Å². The Kier molecular flexibility index (Phi) is 4.68. The second-order valence-corrected chi connectivity index (χ2v) is 5.96. The molecule has 0 atom stereocenters. The van der Waals surface area contributed by atoms with Crippen molar-refractivity contribution in [2.24, 2.45) is 0 Å². The molecule has 2 rings (SSSR count). The van der Waals surface area contributed by atoms with Crippen molar-refractivity contribution in [3.05, 3.63) is 41.9 Å². The van der Waals surface area contributed by atoms with Crippen molar-refractivity contribution in [2.45, 2.75) is 32.1 Å². The van der Waals surface area contributed by atoms with Crippen LogP contribution in [0.1, 0.15) is 32.0 Å². The van der Waals surface area contributed by atoms with E-state index in [-0.39, 0.29) is 5.41 Å². The molecule has 0 aliphatic heterocycles. The van der Waals surface area contributed by atoms with E-state index in [2.05, 4.69) is 30.7 Å². The van der Waals surface area contributed by atoms with Gasteiger partial charge >= 0.3 is 0 Å². The minimum atomic E-state index is -0.0819. The Morgan fingerprint density at radius 2 is 1.95 bits per heavy atom. The summed E-state index contributed by atoms with van der Waals surface area (Å²) >= 11 is 5.77. The molecular formula is C16H19ClN2O2. The summed E-state index contributed by atoms with van der Waals surface area (Å²) in [6, 6.07) is 5.73.